The third kappa shape index (κ3) is 1.62. The Kier molecular flexibility index (Phi) is 2.81. The van der Waals surface area contributed by atoms with E-state index in [1.54, 1.807) is 0 Å². The lowest BCUT2D eigenvalue weighted by atomic mass is 10.1. The van der Waals surface area contributed by atoms with Crippen LogP contribution in [-0.2, 0) is 0 Å². The molecule has 0 N–H and O–H groups in total. The van der Waals surface area contributed by atoms with Gasteiger partial charge >= 0.3 is 0 Å². The highest BCUT2D eigenvalue weighted by Gasteiger charge is 1.98. The summed E-state index contributed by atoms with van der Waals surface area (Å²) < 4.78 is 0. The number of aryl methyl sites for hydroxylation is 1. The largest absolute Gasteiger partial charge is 0.264 e. The summed E-state index contributed by atoms with van der Waals surface area (Å²) in [7, 11) is 0. The second-order valence-electron chi connectivity index (χ2n) is 2.67. The maximum atomic E-state index is 3.99. The van der Waals surface area contributed by atoms with Crippen LogP contribution in [0.15, 0.2) is 29.3 Å². The summed E-state index contributed by atoms with van der Waals surface area (Å²) in [4.78, 5) is 3.99. The Hall–Kier alpha value is -1.37. The predicted molar refractivity (Wildman–Crippen MR) is 55.1 cm³/mol. The Morgan fingerprint density at radius 2 is 2.17 bits per heavy atom. The molecular weight excluding hydrogens is 146 g/mol. The van der Waals surface area contributed by atoms with Crippen molar-refractivity contribution >= 4 is 18.5 Å². The molecule has 0 bridgehead atoms. The maximum Gasteiger partial charge on any atom is 0.0723 e. The summed E-state index contributed by atoms with van der Waals surface area (Å²) in [5.74, 6) is 0. The van der Waals surface area contributed by atoms with Crippen molar-refractivity contribution in [3.8, 4) is 0 Å². The zero-order chi connectivity index (χ0) is 8.97. The van der Waals surface area contributed by atoms with E-state index in [0.717, 1.165) is 11.3 Å². The van der Waals surface area contributed by atoms with Crippen molar-refractivity contribution in [2.75, 3.05) is 0 Å². The van der Waals surface area contributed by atoms with E-state index in [0.29, 0.717) is 0 Å². The van der Waals surface area contributed by atoms with Crippen LogP contribution >= 0.6 is 0 Å². The van der Waals surface area contributed by atoms with Gasteiger partial charge in [-0.3, -0.25) is 4.99 Å². The highest BCUT2D eigenvalue weighted by molar-refractivity contribution is 5.68. The molecule has 0 heterocycles. The molecule has 1 heteroatoms. The van der Waals surface area contributed by atoms with Crippen LogP contribution in [0.25, 0.3) is 6.08 Å². The van der Waals surface area contributed by atoms with Crippen LogP contribution in [0.4, 0.5) is 5.69 Å². The van der Waals surface area contributed by atoms with Gasteiger partial charge in [-0.05, 0) is 26.1 Å². The molecule has 0 aromatic heterocycles. The van der Waals surface area contributed by atoms with Crippen molar-refractivity contribution in [1.29, 1.82) is 0 Å². The number of allylic oxidation sites excluding steroid dienone is 1. The number of benzene rings is 1. The molecule has 62 valence electrons. The zero-order valence-corrected chi connectivity index (χ0v) is 7.54. The number of rotatable bonds is 2. The third-order valence-electron chi connectivity index (χ3n) is 1.77. The van der Waals surface area contributed by atoms with Gasteiger partial charge in [-0.1, -0.05) is 30.4 Å². The summed E-state index contributed by atoms with van der Waals surface area (Å²) in [5, 5.41) is 0. The van der Waals surface area contributed by atoms with Crippen LogP contribution in [0.1, 0.15) is 18.1 Å². The summed E-state index contributed by atoms with van der Waals surface area (Å²) in [6, 6.07) is 6.10. The van der Waals surface area contributed by atoms with Crippen LogP contribution in [-0.4, -0.2) is 6.72 Å². The first-order chi connectivity index (χ1) is 5.79. The molecule has 0 aliphatic rings. The first-order valence-corrected chi connectivity index (χ1v) is 3.98. The van der Waals surface area contributed by atoms with Crippen molar-refractivity contribution in [3.05, 3.63) is 35.4 Å². The van der Waals surface area contributed by atoms with E-state index in [1.807, 2.05) is 44.2 Å². The van der Waals surface area contributed by atoms with Crippen LogP contribution in [0, 0.1) is 6.92 Å². The van der Waals surface area contributed by atoms with E-state index in [2.05, 4.69) is 11.7 Å². The standard InChI is InChI=1S/C11H13N/c1-4-6-10-8-5-7-9(2)11(10)12-3/h4-8H,3H2,1-2H3. The number of hydrogen-bond acceptors (Lipinski definition) is 1. The van der Waals surface area contributed by atoms with E-state index in [9.17, 15) is 0 Å². The highest BCUT2D eigenvalue weighted by atomic mass is 14.7. The van der Waals surface area contributed by atoms with Crippen molar-refractivity contribution in [1.82, 2.24) is 0 Å². The fourth-order valence-corrected chi connectivity index (χ4v) is 1.21. The molecule has 1 aromatic carbocycles. The normalized spacial score (nSPS) is 10.5. The van der Waals surface area contributed by atoms with Gasteiger partial charge in [0.1, 0.15) is 0 Å². The molecule has 0 atom stereocenters. The molecule has 1 nitrogen and oxygen atoms in total. The van der Waals surface area contributed by atoms with Crippen molar-refractivity contribution in [3.63, 3.8) is 0 Å². The average molecular weight is 159 g/mol. The van der Waals surface area contributed by atoms with Gasteiger partial charge in [-0.2, -0.15) is 0 Å². The summed E-state index contributed by atoms with van der Waals surface area (Å²) >= 11 is 0. The van der Waals surface area contributed by atoms with Gasteiger partial charge in [-0.15, -0.1) is 0 Å². The van der Waals surface area contributed by atoms with Gasteiger partial charge in [0.05, 0.1) is 5.69 Å². The molecule has 0 amide bonds. The van der Waals surface area contributed by atoms with Crippen LogP contribution in [0.5, 0.6) is 0 Å². The van der Waals surface area contributed by atoms with Gasteiger partial charge in [0.15, 0.2) is 0 Å². The van der Waals surface area contributed by atoms with E-state index < -0.39 is 0 Å². The number of para-hydroxylation sites is 1. The Morgan fingerprint density at radius 3 is 2.75 bits per heavy atom. The minimum Gasteiger partial charge on any atom is -0.264 e. The second kappa shape index (κ2) is 3.86. The van der Waals surface area contributed by atoms with Gasteiger partial charge in [0.25, 0.3) is 0 Å². The van der Waals surface area contributed by atoms with E-state index >= 15 is 0 Å². The van der Waals surface area contributed by atoms with Gasteiger partial charge in [0, 0.05) is 5.56 Å². The smallest absolute Gasteiger partial charge is 0.0723 e. The van der Waals surface area contributed by atoms with Gasteiger partial charge < -0.3 is 0 Å². The van der Waals surface area contributed by atoms with E-state index in [-0.39, 0.29) is 0 Å². The molecule has 0 saturated heterocycles. The fraction of sp³-hybridized carbons (Fsp3) is 0.182. The third-order valence-corrected chi connectivity index (χ3v) is 1.77. The van der Waals surface area contributed by atoms with Crippen molar-refractivity contribution in [2.24, 2.45) is 4.99 Å². The van der Waals surface area contributed by atoms with Gasteiger partial charge in [0.2, 0.25) is 0 Å². The van der Waals surface area contributed by atoms with Crippen molar-refractivity contribution in [2.45, 2.75) is 13.8 Å². The molecule has 0 aliphatic heterocycles. The molecule has 0 saturated carbocycles. The molecule has 0 spiro atoms. The Balaban J connectivity index is 3.27. The Morgan fingerprint density at radius 1 is 1.42 bits per heavy atom. The highest BCUT2D eigenvalue weighted by Crippen LogP contribution is 2.24. The minimum atomic E-state index is 0.982. The number of nitrogens with zero attached hydrogens (tertiary/aromatic N) is 1. The molecule has 1 rings (SSSR count). The maximum absolute atomic E-state index is 3.99. The lowest BCUT2D eigenvalue weighted by Crippen LogP contribution is -1.78. The topological polar surface area (TPSA) is 12.4 Å². The predicted octanol–water partition coefficient (Wildman–Crippen LogP) is 3.36. The first-order valence-electron chi connectivity index (χ1n) is 3.98. The molecule has 0 unspecified atom stereocenters. The Labute approximate surface area is 73.5 Å². The zero-order valence-electron chi connectivity index (χ0n) is 7.54. The SMILES string of the molecule is C=Nc1c(C)cccc1C=CC. The molecular formula is C11H13N. The van der Waals surface area contributed by atoms with Crippen LogP contribution in [0.3, 0.4) is 0 Å². The molecule has 0 radical (unpaired) electrons. The fourth-order valence-electron chi connectivity index (χ4n) is 1.21. The lowest BCUT2D eigenvalue weighted by Gasteiger charge is -2.02. The average Bonchev–Trinajstić information content (AvgIpc) is 2.05. The molecule has 0 aliphatic carbocycles. The van der Waals surface area contributed by atoms with E-state index in [1.165, 1.54) is 5.56 Å². The van der Waals surface area contributed by atoms with Crippen LogP contribution < -0.4 is 0 Å². The van der Waals surface area contributed by atoms with Crippen LogP contribution in [0.2, 0.25) is 0 Å². The Bertz CT molecular complexity index is 311. The molecule has 0 fully saturated rings. The second-order valence-corrected chi connectivity index (χ2v) is 2.67. The van der Waals surface area contributed by atoms with Crippen molar-refractivity contribution < 1.29 is 0 Å². The first kappa shape index (κ1) is 8.72. The number of hydrogen-bond donors (Lipinski definition) is 0. The number of aliphatic imine (C=N–C) groups is 1. The molecule has 12 heavy (non-hydrogen) atoms. The lowest BCUT2D eigenvalue weighted by molar-refractivity contribution is 1.40. The minimum absolute atomic E-state index is 0.982. The van der Waals surface area contributed by atoms with Gasteiger partial charge in [-0.25, -0.2) is 0 Å². The molecule has 1 aromatic rings. The summed E-state index contributed by atoms with van der Waals surface area (Å²) in [6.45, 7) is 7.58. The quantitative estimate of drug-likeness (QED) is 0.587. The summed E-state index contributed by atoms with van der Waals surface area (Å²) in [6.07, 6.45) is 4.04. The summed E-state index contributed by atoms with van der Waals surface area (Å²) in [5.41, 5.74) is 3.28. The van der Waals surface area contributed by atoms with E-state index in [4.69, 9.17) is 0 Å². The monoisotopic (exact) mass is 159 g/mol.